The van der Waals surface area contributed by atoms with Crippen LogP contribution in [0.4, 0.5) is 11.4 Å². The number of pyridine rings is 1. The molecule has 42 heavy (non-hydrogen) atoms. The number of hydrogen-bond acceptors (Lipinski definition) is 8. The van der Waals surface area contributed by atoms with Gasteiger partial charge in [0.25, 0.3) is 11.8 Å². The lowest BCUT2D eigenvalue weighted by molar-refractivity contribution is 0.0827. The van der Waals surface area contributed by atoms with Crippen molar-refractivity contribution in [1.29, 1.82) is 0 Å². The van der Waals surface area contributed by atoms with Crippen LogP contribution >= 0.6 is 0 Å². The van der Waals surface area contributed by atoms with E-state index in [2.05, 4.69) is 20.3 Å². The fraction of sp³-hybridized carbons (Fsp3) is 0.194. The van der Waals surface area contributed by atoms with Crippen molar-refractivity contribution in [3.8, 4) is 22.6 Å². The number of anilines is 2. The van der Waals surface area contributed by atoms with Gasteiger partial charge in [0, 0.05) is 50.7 Å². The molecule has 11 heteroatoms. The molecular weight excluding hydrogens is 554 g/mol. The number of amides is 2. The van der Waals surface area contributed by atoms with Crippen molar-refractivity contribution >= 4 is 34.6 Å². The standard InChI is InChI=1S/C31H33N5O5S/c1-36(2)31(38)23-8-5-7-21(15-23)22-11-12-28(41-4)29(17-22)42(39)35-26-10-6-9-25(18-26)33-13-14-34-30(37)24-16-27(40-3)20-32-19-24/h5-12,15-20,33,35H,13-14H2,1-4H3,(H,34,37). The van der Waals surface area contributed by atoms with Crippen LogP contribution in [0.2, 0.25) is 0 Å². The van der Waals surface area contributed by atoms with Gasteiger partial charge in [0.2, 0.25) is 4.90 Å². The number of nitrogens with zero attached hydrogens (tertiary/aromatic N) is 2. The predicted molar refractivity (Wildman–Crippen MR) is 165 cm³/mol. The van der Waals surface area contributed by atoms with E-state index in [1.807, 2.05) is 48.5 Å². The highest BCUT2D eigenvalue weighted by Gasteiger charge is 2.20. The molecule has 1 aromatic heterocycles. The maximum atomic E-state index is 13.4. The second kappa shape index (κ2) is 14.2. The Morgan fingerprint density at radius 1 is 0.857 bits per heavy atom. The molecule has 0 saturated carbocycles. The van der Waals surface area contributed by atoms with Crippen LogP contribution in [0.5, 0.6) is 11.5 Å². The first-order valence-electron chi connectivity index (χ1n) is 13.1. The van der Waals surface area contributed by atoms with Gasteiger partial charge in [-0.25, -0.2) is 4.72 Å². The zero-order chi connectivity index (χ0) is 30.1. The van der Waals surface area contributed by atoms with E-state index < -0.39 is 11.4 Å². The largest absolute Gasteiger partial charge is 0.588 e. The second-order valence-corrected chi connectivity index (χ2v) is 10.6. The highest BCUT2D eigenvalue weighted by Crippen LogP contribution is 2.32. The summed E-state index contributed by atoms with van der Waals surface area (Å²) in [5.41, 5.74) is 4.03. The topological polar surface area (TPSA) is 128 Å². The van der Waals surface area contributed by atoms with Crippen LogP contribution in [-0.2, 0) is 11.4 Å². The van der Waals surface area contributed by atoms with Gasteiger partial charge in [-0.3, -0.25) is 14.6 Å². The summed E-state index contributed by atoms with van der Waals surface area (Å²) >= 11 is -1.65. The number of hydrogen-bond donors (Lipinski definition) is 3. The van der Waals surface area contributed by atoms with E-state index >= 15 is 0 Å². The first-order valence-corrected chi connectivity index (χ1v) is 14.2. The van der Waals surface area contributed by atoms with E-state index in [9.17, 15) is 14.1 Å². The van der Waals surface area contributed by atoms with Crippen LogP contribution in [0.1, 0.15) is 20.7 Å². The average molecular weight is 588 g/mol. The molecule has 1 atom stereocenters. The minimum absolute atomic E-state index is 0.0964. The zero-order valence-corrected chi connectivity index (χ0v) is 24.7. The molecule has 0 aliphatic heterocycles. The van der Waals surface area contributed by atoms with E-state index in [1.165, 1.54) is 31.5 Å². The number of ether oxygens (including phenoxy) is 2. The lowest BCUT2D eigenvalue weighted by Gasteiger charge is -2.16. The number of methoxy groups -OCH3 is 2. The molecule has 1 heterocycles. The Kier molecular flexibility index (Phi) is 10.2. The Hall–Kier alpha value is -4.74. The van der Waals surface area contributed by atoms with Gasteiger partial charge in [-0.15, -0.1) is 0 Å². The van der Waals surface area contributed by atoms with E-state index in [-0.39, 0.29) is 11.8 Å². The Morgan fingerprint density at radius 2 is 1.62 bits per heavy atom. The Balaban J connectivity index is 1.40. The molecule has 4 rings (SSSR count). The fourth-order valence-electron chi connectivity index (χ4n) is 4.09. The van der Waals surface area contributed by atoms with Crippen molar-refractivity contribution in [3.05, 3.63) is 96.3 Å². The van der Waals surface area contributed by atoms with Gasteiger partial charge in [0.1, 0.15) is 17.1 Å². The number of carbonyl (C=O) groups excluding carboxylic acids is 2. The van der Waals surface area contributed by atoms with Crippen LogP contribution in [0.3, 0.4) is 0 Å². The smallest absolute Gasteiger partial charge is 0.253 e. The maximum absolute atomic E-state index is 13.4. The summed E-state index contributed by atoms with van der Waals surface area (Å²) in [5, 5.41) is 6.09. The van der Waals surface area contributed by atoms with Gasteiger partial charge in [-0.2, -0.15) is 0 Å². The van der Waals surface area contributed by atoms with Crippen LogP contribution in [0, 0.1) is 0 Å². The first-order chi connectivity index (χ1) is 20.3. The minimum atomic E-state index is -1.65. The van der Waals surface area contributed by atoms with E-state index in [0.29, 0.717) is 46.3 Å². The summed E-state index contributed by atoms with van der Waals surface area (Å²) in [6.07, 6.45) is 3.02. The molecule has 4 aromatic rings. The Morgan fingerprint density at radius 3 is 2.38 bits per heavy atom. The quantitative estimate of drug-likeness (QED) is 0.164. The molecular formula is C31H33N5O5S. The predicted octanol–water partition coefficient (Wildman–Crippen LogP) is 4.44. The summed E-state index contributed by atoms with van der Waals surface area (Å²) < 4.78 is 27.1. The number of aromatic nitrogens is 1. The summed E-state index contributed by atoms with van der Waals surface area (Å²) in [4.78, 5) is 30.8. The molecule has 0 saturated heterocycles. The number of nitrogens with one attached hydrogen (secondary N) is 3. The fourth-order valence-corrected chi connectivity index (χ4v) is 5.10. The maximum Gasteiger partial charge on any atom is 0.253 e. The second-order valence-electron chi connectivity index (χ2n) is 9.39. The van der Waals surface area contributed by atoms with Crippen LogP contribution in [0.25, 0.3) is 11.1 Å². The van der Waals surface area contributed by atoms with Gasteiger partial charge < -0.3 is 29.6 Å². The molecule has 0 fully saturated rings. The summed E-state index contributed by atoms with van der Waals surface area (Å²) in [6, 6.07) is 21.7. The SMILES string of the molecule is COc1cncc(C(=O)NCCNc2cccc(N[S+]([O-])c3cc(-c4cccc(C(=O)N(C)C)c4)ccc3OC)c2)c1. The number of benzene rings is 3. The van der Waals surface area contributed by atoms with Gasteiger partial charge >= 0.3 is 0 Å². The van der Waals surface area contributed by atoms with E-state index in [4.69, 9.17) is 9.47 Å². The Labute approximate surface area is 248 Å². The minimum Gasteiger partial charge on any atom is -0.588 e. The van der Waals surface area contributed by atoms with Gasteiger partial charge in [0.05, 0.1) is 31.7 Å². The van der Waals surface area contributed by atoms with Crippen molar-refractivity contribution in [3.63, 3.8) is 0 Å². The molecule has 0 bridgehead atoms. The molecule has 3 N–H and O–H groups in total. The third-order valence-corrected chi connectivity index (χ3v) is 7.38. The molecule has 218 valence electrons. The highest BCUT2D eigenvalue weighted by molar-refractivity contribution is 7.92. The van der Waals surface area contributed by atoms with Gasteiger partial charge in [0.15, 0.2) is 5.75 Å². The monoisotopic (exact) mass is 587 g/mol. The van der Waals surface area contributed by atoms with Crippen molar-refractivity contribution in [2.45, 2.75) is 4.90 Å². The number of rotatable bonds is 12. The third-order valence-electron chi connectivity index (χ3n) is 6.24. The molecule has 0 radical (unpaired) electrons. The van der Waals surface area contributed by atoms with E-state index in [0.717, 1.165) is 16.8 Å². The van der Waals surface area contributed by atoms with Gasteiger partial charge in [-0.05, 0) is 53.6 Å². The number of carbonyl (C=O) groups is 2. The summed E-state index contributed by atoms with van der Waals surface area (Å²) in [7, 11) is 6.46. The first kappa shape index (κ1) is 30.2. The summed E-state index contributed by atoms with van der Waals surface area (Å²) in [6.45, 7) is 0.853. The van der Waals surface area contributed by atoms with Crippen molar-refractivity contribution in [2.24, 2.45) is 0 Å². The molecule has 0 aliphatic rings. The zero-order valence-electron chi connectivity index (χ0n) is 23.8. The molecule has 10 nitrogen and oxygen atoms in total. The van der Waals surface area contributed by atoms with E-state index in [1.54, 1.807) is 38.4 Å². The molecule has 3 aromatic carbocycles. The van der Waals surface area contributed by atoms with Crippen LogP contribution in [-0.4, -0.2) is 67.7 Å². The van der Waals surface area contributed by atoms with Crippen LogP contribution in [0.15, 0.2) is 90.1 Å². The molecule has 2 amide bonds. The summed E-state index contributed by atoms with van der Waals surface area (Å²) in [5.74, 6) is 0.640. The lowest BCUT2D eigenvalue weighted by Crippen LogP contribution is -2.28. The molecule has 0 spiro atoms. The molecule has 0 aliphatic carbocycles. The van der Waals surface area contributed by atoms with Crippen molar-refractivity contribution in [2.75, 3.05) is 51.4 Å². The third kappa shape index (κ3) is 7.71. The van der Waals surface area contributed by atoms with Gasteiger partial charge in [-0.1, -0.05) is 24.3 Å². The Bertz CT molecular complexity index is 1550. The highest BCUT2D eigenvalue weighted by atomic mass is 32.2. The molecule has 1 unspecified atom stereocenters. The van der Waals surface area contributed by atoms with Crippen molar-refractivity contribution < 1.29 is 23.6 Å². The van der Waals surface area contributed by atoms with Crippen molar-refractivity contribution in [1.82, 2.24) is 15.2 Å². The lowest BCUT2D eigenvalue weighted by atomic mass is 10.0. The normalized spacial score (nSPS) is 11.3. The van der Waals surface area contributed by atoms with Crippen LogP contribution < -0.4 is 24.8 Å². The average Bonchev–Trinajstić information content (AvgIpc) is 3.02.